The second-order valence-corrected chi connectivity index (χ2v) is 3.18. The highest BCUT2D eigenvalue weighted by Gasteiger charge is 2.30. The van der Waals surface area contributed by atoms with Crippen LogP contribution in [0.4, 0.5) is 28.9 Å². The summed E-state index contributed by atoms with van der Waals surface area (Å²) < 4.78 is 51.0. The van der Waals surface area contributed by atoms with Crippen LogP contribution >= 0.6 is 0 Å². The molecule has 0 radical (unpaired) electrons. The Bertz CT molecular complexity index is 507. The zero-order chi connectivity index (χ0) is 14.0. The van der Waals surface area contributed by atoms with Crippen molar-refractivity contribution in [1.29, 1.82) is 0 Å². The van der Waals surface area contributed by atoms with Crippen molar-refractivity contribution in [2.45, 2.75) is 6.43 Å². The van der Waals surface area contributed by atoms with Gasteiger partial charge in [-0.15, -0.1) is 0 Å². The van der Waals surface area contributed by atoms with Crippen LogP contribution in [0.15, 0.2) is 12.1 Å². The van der Waals surface area contributed by atoms with Crippen molar-refractivity contribution in [3.8, 4) is 0 Å². The minimum atomic E-state index is -3.48. The van der Waals surface area contributed by atoms with Gasteiger partial charge < -0.3 is 4.90 Å². The third-order valence-electron chi connectivity index (χ3n) is 2.10. The predicted molar refractivity (Wildman–Crippen MR) is 52.4 cm³/mol. The molecule has 0 saturated carbocycles. The van der Waals surface area contributed by atoms with Crippen molar-refractivity contribution in [3.63, 3.8) is 0 Å². The number of anilines is 1. The maximum atomic E-state index is 13.5. The zero-order valence-corrected chi connectivity index (χ0v) is 8.86. The average Bonchev–Trinajstić information content (AvgIpc) is 2.27. The van der Waals surface area contributed by atoms with Crippen molar-refractivity contribution < 1.29 is 27.3 Å². The van der Waals surface area contributed by atoms with E-state index >= 15 is 0 Å². The second-order valence-electron chi connectivity index (χ2n) is 3.18. The molecule has 0 fully saturated rings. The van der Waals surface area contributed by atoms with Gasteiger partial charge in [0.05, 0.1) is 4.92 Å². The Morgan fingerprint density at radius 3 is 2.39 bits per heavy atom. The summed E-state index contributed by atoms with van der Waals surface area (Å²) in [6, 6.07) is 1.06. The van der Waals surface area contributed by atoms with E-state index in [2.05, 4.69) is 0 Å². The largest absolute Gasteiger partial charge is 0.316 e. The van der Waals surface area contributed by atoms with Gasteiger partial charge in [0.1, 0.15) is 11.5 Å². The fourth-order valence-corrected chi connectivity index (χ4v) is 1.24. The number of amides is 1. The molecule has 0 aliphatic heterocycles. The molecular formula is C9H6F4N2O3. The number of hydrogen-bond donors (Lipinski definition) is 0. The Kier molecular flexibility index (Phi) is 3.84. The van der Waals surface area contributed by atoms with E-state index in [1.165, 1.54) is 0 Å². The summed E-state index contributed by atoms with van der Waals surface area (Å²) >= 11 is 0. The van der Waals surface area contributed by atoms with Crippen LogP contribution in [-0.2, 0) is 4.79 Å². The van der Waals surface area contributed by atoms with Gasteiger partial charge in [-0.2, -0.15) is 13.2 Å². The molecule has 1 amide bonds. The molecule has 0 heterocycles. The standard InChI is InChI=1S/C9H6F4N2O3/c1-14(9(16)8(12)13)7-4(10)2-3-5(6(7)11)15(17)18/h2-3,8H,1H3. The molecule has 0 aliphatic carbocycles. The number of hydrogen-bond acceptors (Lipinski definition) is 3. The lowest BCUT2D eigenvalue weighted by Crippen LogP contribution is -2.33. The molecule has 0 aliphatic rings. The lowest BCUT2D eigenvalue weighted by atomic mass is 10.2. The topological polar surface area (TPSA) is 63.5 Å². The van der Waals surface area contributed by atoms with Gasteiger partial charge in [-0.1, -0.05) is 0 Å². The second kappa shape index (κ2) is 4.98. The molecule has 0 atom stereocenters. The first-order valence-corrected chi connectivity index (χ1v) is 4.45. The van der Waals surface area contributed by atoms with Crippen molar-refractivity contribution in [1.82, 2.24) is 0 Å². The Morgan fingerprint density at radius 1 is 1.39 bits per heavy atom. The van der Waals surface area contributed by atoms with Crippen LogP contribution in [-0.4, -0.2) is 24.3 Å². The first-order valence-electron chi connectivity index (χ1n) is 4.45. The van der Waals surface area contributed by atoms with Crippen molar-refractivity contribution in [3.05, 3.63) is 33.9 Å². The van der Waals surface area contributed by atoms with Gasteiger partial charge >= 0.3 is 12.1 Å². The van der Waals surface area contributed by atoms with Crippen molar-refractivity contribution in [2.75, 3.05) is 11.9 Å². The summed E-state index contributed by atoms with van der Waals surface area (Å²) in [5.74, 6) is -4.90. The summed E-state index contributed by atoms with van der Waals surface area (Å²) in [6.45, 7) is 0. The molecule has 98 valence electrons. The number of carbonyl (C=O) groups excluding carboxylic acids is 1. The SMILES string of the molecule is CN(C(=O)C(F)F)c1c(F)ccc([N+](=O)[O-])c1F. The molecule has 0 spiro atoms. The molecule has 5 nitrogen and oxygen atoms in total. The Hall–Kier alpha value is -2.19. The van der Waals surface area contributed by atoms with Gasteiger partial charge in [-0.3, -0.25) is 14.9 Å². The molecular weight excluding hydrogens is 260 g/mol. The quantitative estimate of drug-likeness (QED) is 0.478. The molecule has 1 aromatic rings. The van der Waals surface area contributed by atoms with Crippen LogP contribution in [0, 0.1) is 21.7 Å². The Morgan fingerprint density at radius 2 is 1.94 bits per heavy atom. The third-order valence-corrected chi connectivity index (χ3v) is 2.10. The van der Waals surface area contributed by atoms with E-state index in [4.69, 9.17) is 0 Å². The summed E-state index contributed by atoms with van der Waals surface area (Å²) in [4.78, 5) is 20.2. The number of nitro groups is 1. The summed E-state index contributed by atoms with van der Waals surface area (Å²) in [6.07, 6.45) is -3.48. The Balaban J connectivity index is 3.35. The Labute approximate surface area is 97.8 Å². The molecule has 0 saturated heterocycles. The minimum absolute atomic E-state index is 0.00231. The van der Waals surface area contributed by atoms with E-state index < -0.39 is 40.3 Å². The first kappa shape index (κ1) is 13.9. The molecule has 0 N–H and O–H groups in total. The van der Waals surface area contributed by atoms with Gasteiger partial charge in [0.15, 0.2) is 0 Å². The number of rotatable bonds is 3. The van der Waals surface area contributed by atoms with E-state index in [0.29, 0.717) is 19.2 Å². The number of nitro benzene ring substituents is 1. The van der Waals surface area contributed by atoms with Gasteiger partial charge in [-0.05, 0) is 6.07 Å². The number of alkyl halides is 2. The first-order chi connectivity index (χ1) is 8.27. The highest BCUT2D eigenvalue weighted by atomic mass is 19.3. The molecule has 1 aromatic carbocycles. The van der Waals surface area contributed by atoms with Crippen LogP contribution in [0.3, 0.4) is 0 Å². The average molecular weight is 266 g/mol. The highest BCUT2D eigenvalue weighted by molar-refractivity contribution is 5.95. The number of carbonyl (C=O) groups is 1. The van der Waals surface area contributed by atoms with E-state index in [-0.39, 0.29) is 4.90 Å². The fraction of sp³-hybridized carbons (Fsp3) is 0.222. The van der Waals surface area contributed by atoms with E-state index in [0.717, 1.165) is 0 Å². The summed E-state index contributed by atoms with van der Waals surface area (Å²) in [7, 11) is 0.694. The van der Waals surface area contributed by atoms with E-state index in [1.807, 2.05) is 0 Å². The number of halogens is 4. The minimum Gasteiger partial charge on any atom is -0.305 e. The van der Waals surface area contributed by atoms with Crippen LogP contribution < -0.4 is 4.90 Å². The molecule has 0 bridgehead atoms. The number of benzene rings is 1. The van der Waals surface area contributed by atoms with Gasteiger partial charge in [0.25, 0.3) is 5.91 Å². The van der Waals surface area contributed by atoms with E-state index in [1.54, 1.807) is 0 Å². The van der Waals surface area contributed by atoms with Crippen LogP contribution in [0.5, 0.6) is 0 Å². The lowest BCUT2D eigenvalue weighted by Gasteiger charge is -2.17. The van der Waals surface area contributed by atoms with Crippen molar-refractivity contribution >= 4 is 17.3 Å². The van der Waals surface area contributed by atoms with Crippen LogP contribution in [0.25, 0.3) is 0 Å². The maximum absolute atomic E-state index is 13.5. The van der Waals surface area contributed by atoms with Crippen LogP contribution in [0.1, 0.15) is 0 Å². The lowest BCUT2D eigenvalue weighted by molar-refractivity contribution is -0.387. The molecule has 9 heteroatoms. The normalized spacial score (nSPS) is 10.6. The van der Waals surface area contributed by atoms with Gasteiger partial charge in [0, 0.05) is 13.1 Å². The molecule has 0 unspecified atom stereocenters. The monoisotopic (exact) mass is 266 g/mol. The third kappa shape index (κ3) is 2.39. The number of nitrogens with zero attached hydrogens (tertiary/aromatic N) is 2. The summed E-state index contributed by atoms with van der Waals surface area (Å²) in [5, 5.41) is 10.4. The zero-order valence-electron chi connectivity index (χ0n) is 8.86. The van der Waals surface area contributed by atoms with Gasteiger partial charge in [-0.25, -0.2) is 4.39 Å². The fourth-order valence-electron chi connectivity index (χ4n) is 1.24. The molecule has 1 rings (SSSR count). The summed E-state index contributed by atoms with van der Waals surface area (Å²) in [5.41, 5.74) is -2.30. The molecule has 0 aromatic heterocycles. The smallest absolute Gasteiger partial charge is 0.305 e. The molecule has 18 heavy (non-hydrogen) atoms. The maximum Gasteiger partial charge on any atom is 0.316 e. The van der Waals surface area contributed by atoms with Crippen molar-refractivity contribution in [2.24, 2.45) is 0 Å². The predicted octanol–water partition coefficient (Wildman–Crippen LogP) is 2.10. The van der Waals surface area contributed by atoms with Gasteiger partial charge in [0.2, 0.25) is 5.82 Å². The van der Waals surface area contributed by atoms with E-state index in [9.17, 15) is 32.5 Å². The highest BCUT2D eigenvalue weighted by Crippen LogP contribution is 2.30. The van der Waals surface area contributed by atoms with Crippen LogP contribution in [0.2, 0.25) is 0 Å².